The lowest BCUT2D eigenvalue weighted by Crippen LogP contribution is -2.55. The lowest BCUT2D eigenvalue weighted by atomic mass is 9.77. The van der Waals surface area contributed by atoms with E-state index in [1.54, 1.807) is 0 Å². The molecule has 1 amide bonds. The third-order valence-electron chi connectivity index (χ3n) is 8.04. The molecule has 9 heteroatoms. The van der Waals surface area contributed by atoms with Crippen molar-refractivity contribution < 1.29 is 19.2 Å². The van der Waals surface area contributed by atoms with E-state index < -0.39 is 17.5 Å². The fourth-order valence-electron chi connectivity index (χ4n) is 6.69. The molecule has 0 bridgehead atoms. The summed E-state index contributed by atoms with van der Waals surface area (Å²) >= 11 is 3.66. The van der Waals surface area contributed by atoms with Gasteiger partial charge in [0.05, 0.1) is 17.0 Å². The van der Waals surface area contributed by atoms with Gasteiger partial charge in [-0.15, -0.1) is 0 Å². The van der Waals surface area contributed by atoms with Gasteiger partial charge in [-0.05, 0) is 65.0 Å². The first kappa shape index (κ1) is 24.9. The normalized spacial score (nSPS) is 25.7. The van der Waals surface area contributed by atoms with E-state index in [4.69, 9.17) is 9.47 Å². The van der Waals surface area contributed by atoms with E-state index in [0.717, 1.165) is 24.0 Å². The summed E-state index contributed by atoms with van der Waals surface area (Å²) in [6.45, 7) is 3.29. The lowest BCUT2D eigenvalue weighted by Gasteiger charge is -2.32. The van der Waals surface area contributed by atoms with Crippen LogP contribution in [0.3, 0.4) is 0 Å². The SMILES string of the molecule is CCOc1cc([C@@H]2[C@@H]3CCCN3[C@]3(C(=O)Nc4ccccc43)[C@@H]2[N+](=O)[O-])cc(Br)c1OCc1ccccc1. The predicted octanol–water partition coefficient (Wildman–Crippen LogP) is 5.48. The van der Waals surface area contributed by atoms with Crippen molar-refractivity contribution in [1.29, 1.82) is 0 Å². The van der Waals surface area contributed by atoms with Gasteiger partial charge in [0.2, 0.25) is 0 Å². The Hall–Kier alpha value is -3.43. The number of carbonyl (C=O) groups excluding carboxylic acids is 1. The third kappa shape index (κ3) is 3.71. The fraction of sp³-hybridized carbons (Fsp3) is 0.345. The number of amides is 1. The van der Waals surface area contributed by atoms with Gasteiger partial charge < -0.3 is 14.8 Å². The Labute approximate surface area is 229 Å². The topological polar surface area (TPSA) is 93.9 Å². The van der Waals surface area contributed by atoms with Crippen LogP contribution in [-0.2, 0) is 16.9 Å². The number of carbonyl (C=O) groups is 1. The van der Waals surface area contributed by atoms with E-state index in [0.29, 0.717) is 47.0 Å². The van der Waals surface area contributed by atoms with Crippen LogP contribution >= 0.6 is 15.9 Å². The van der Waals surface area contributed by atoms with Gasteiger partial charge in [-0.3, -0.25) is 19.8 Å². The van der Waals surface area contributed by atoms with Crippen molar-refractivity contribution >= 4 is 27.5 Å². The van der Waals surface area contributed by atoms with Gasteiger partial charge >= 0.3 is 0 Å². The number of anilines is 1. The van der Waals surface area contributed by atoms with Crippen LogP contribution in [0.2, 0.25) is 0 Å². The molecule has 0 aromatic heterocycles. The van der Waals surface area contributed by atoms with Crippen LogP contribution in [0.4, 0.5) is 5.69 Å². The van der Waals surface area contributed by atoms with Crippen LogP contribution in [0.15, 0.2) is 71.2 Å². The second-order valence-electron chi connectivity index (χ2n) is 9.96. The molecule has 0 unspecified atom stereocenters. The van der Waals surface area contributed by atoms with Crippen molar-refractivity contribution in [3.8, 4) is 11.5 Å². The Morgan fingerprint density at radius 2 is 1.89 bits per heavy atom. The molecular weight excluding hydrogens is 550 g/mol. The number of ether oxygens (including phenoxy) is 2. The zero-order valence-corrected chi connectivity index (χ0v) is 22.5. The summed E-state index contributed by atoms with van der Waals surface area (Å²) in [5.74, 6) is 0.249. The first-order valence-corrected chi connectivity index (χ1v) is 13.7. The molecule has 38 heavy (non-hydrogen) atoms. The number of rotatable bonds is 7. The maximum absolute atomic E-state index is 13.7. The third-order valence-corrected chi connectivity index (χ3v) is 8.63. The molecule has 2 saturated heterocycles. The van der Waals surface area contributed by atoms with Crippen LogP contribution in [0.25, 0.3) is 0 Å². The Morgan fingerprint density at radius 1 is 1.13 bits per heavy atom. The van der Waals surface area contributed by atoms with Gasteiger partial charge in [-0.1, -0.05) is 48.5 Å². The van der Waals surface area contributed by atoms with Crippen molar-refractivity contribution in [2.24, 2.45) is 0 Å². The Kier molecular flexibility index (Phi) is 6.36. The number of hydrogen-bond acceptors (Lipinski definition) is 6. The first-order valence-electron chi connectivity index (χ1n) is 12.9. The van der Waals surface area contributed by atoms with Crippen molar-refractivity contribution in [2.75, 3.05) is 18.5 Å². The van der Waals surface area contributed by atoms with E-state index in [9.17, 15) is 14.9 Å². The van der Waals surface area contributed by atoms with Crippen molar-refractivity contribution in [2.45, 2.75) is 49.9 Å². The van der Waals surface area contributed by atoms with Crippen LogP contribution < -0.4 is 14.8 Å². The first-order chi connectivity index (χ1) is 18.5. The summed E-state index contributed by atoms with van der Waals surface area (Å²) in [7, 11) is 0. The van der Waals surface area contributed by atoms with E-state index in [1.807, 2.05) is 73.7 Å². The summed E-state index contributed by atoms with van der Waals surface area (Å²) in [6.07, 6.45) is 1.65. The second-order valence-corrected chi connectivity index (χ2v) is 10.8. The van der Waals surface area contributed by atoms with E-state index >= 15 is 0 Å². The van der Waals surface area contributed by atoms with Crippen LogP contribution in [-0.4, -0.2) is 41.0 Å². The Bertz CT molecular complexity index is 1400. The van der Waals surface area contributed by atoms with Gasteiger partial charge in [-0.2, -0.15) is 0 Å². The number of nitrogens with one attached hydrogen (secondary N) is 1. The largest absolute Gasteiger partial charge is 0.490 e. The molecule has 3 heterocycles. The van der Waals surface area contributed by atoms with Crippen molar-refractivity contribution in [1.82, 2.24) is 4.90 Å². The zero-order valence-electron chi connectivity index (χ0n) is 20.9. The number of para-hydroxylation sites is 1. The van der Waals surface area contributed by atoms with Gasteiger partial charge in [0.15, 0.2) is 17.0 Å². The summed E-state index contributed by atoms with van der Waals surface area (Å²) in [5.41, 5.74) is 1.77. The smallest absolute Gasteiger partial charge is 0.256 e. The Morgan fingerprint density at radius 3 is 2.66 bits per heavy atom. The average molecular weight is 578 g/mol. The average Bonchev–Trinajstić information content (AvgIpc) is 3.57. The monoisotopic (exact) mass is 577 g/mol. The second kappa shape index (κ2) is 9.71. The summed E-state index contributed by atoms with van der Waals surface area (Å²) < 4.78 is 12.8. The zero-order chi connectivity index (χ0) is 26.4. The molecule has 4 atom stereocenters. The van der Waals surface area contributed by atoms with E-state index in [1.165, 1.54) is 0 Å². The highest BCUT2D eigenvalue weighted by molar-refractivity contribution is 9.10. The highest BCUT2D eigenvalue weighted by atomic mass is 79.9. The van der Waals surface area contributed by atoms with Crippen LogP contribution in [0.1, 0.15) is 42.4 Å². The molecule has 1 spiro atoms. The maximum atomic E-state index is 13.7. The number of hydrogen-bond donors (Lipinski definition) is 1. The minimum atomic E-state index is -1.35. The molecule has 6 rings (SSSR count). The molecule has 3 aromatic carbocycles. The molecule has 3 aliphatic heterocycles. The van der Waals surface area contributed by atoms with Crippen LogP contribution in [0, 0.1) is 10.1 Å². The minimum absolute atomic E-state index is 0.153. The Balaban J connectivity index is 1.45. The number of fused-ring (bicyclic) bond motifs is 4. The van der Waals surface area contributed by atoms with Gasteiger partial charge in [0.25, 0.3) is 11.9 Å². The van der Waals surface area contributed by atoms with Crippen LogP contribution in [0.5, 0.6) is 11.5 Å². The maximum Gasteiger partial charge on any atom is 0.256 e. The molecule has 8 nitrogen and oxygen atoms in total. The van der Waals surface area contributed by atoms with Gasteiger partial charge in [0.1, 0.15) is 6.61 Å². The molecule has 2 fully saturated rings. The predicted molar refractivity (Wildman–Crippen MR) is 146 cm³/mol. The molecule has 1 N–H and O–H groups in total. The van der Waals surface area contributed by atoms with Gasteiger partial charge in [0, 0.05) is 28.8 Å². The number of nitro groups is 1. The lowest BCUT2D eigenvalue weighted by molar-refractivity contribution is -0.534. The van der Waals surface area contributed by atoms with Crippen molar-refractivity contribution in [3.05, 3.63) is 98.0 Å². The van der Waals surface area contributed by atoms with E-state index in [-0.39, 0.29) is 16.9 Å². The highest BCUT2D eigenvalue weighted by Gasteiger charge is 2.73. The molecule has 0 aliphatic carbocycles. The number of nitrogens with zero attached hydrogens (tertiary/aromatic N) is 2. The highest BCUT2D eigenvalue weighted by Crippen LogP contribution is 2.58. The van der Waals surface area contributed by atoms with Gasteiger partial charge in [-0.25, -0.2) is 0 Å². The fourth-order valence-corrected chi connectivity index (χ4v) is 7.26. The quantitative estimate of drug-likeness (QED) is 0.295. The molecule has 3 aliphatic rings. The molecule has 0 saturated carbocycles. The standard InChI is InChI=1S/C29H28BrN3O5/c1-2-37-24-16-19(15-21(30)26(24)38-17-18-9-4-3-5-10-18)25-23-13-8-14-32(23)29(27(25)33(35)36)20-11-6-7-12-22(20)31-28(29)34/h3-7,9-12,15-16,23,25,27H,2,8,13-14,17H2,1H3,(H,31,34)/t23-,25+,27+,29-/m0/s1. The number of benzene rings is 3. The summed E-state index contributed by atoms with van der Waals surface area (Å²) in [5, 5.41) is 15.8. The van der Waals surface area contributed by atoms with Crippen molar-refractivity contribution in [3.63, 3.8) is 0 Å². The van der Waals surface area contributed by atoms with E-state index in [2.05, 4.69) is 26.1 Å². The minimum Gasteiger partial charge on any atom is -0.490 e. The summed E-state index contributed by atoms with van der Waals surface area (Å²) in [4.78, 5) is 28.4. The molecule has 196 valence electrons. The summed E-state index contributed by atoms with van der Waals surface area (Å²) in [6, 6.07) is 19.7. The molecular formula is C29H28BrN3O5. The molecule has 0 radical (unpaired) electrons. The molecule has 3 aromatic rings. The number of halogens is 1.